The van der Waals surface area contributed by atoms with Crippen LogP contribution in [0.2, 0.25) is 0 Å². The largest absolute Gasteiger partial charge is 0.743 e. The Hall–Kier alpha value is -2.40. The minimum atomic E-state index is -10.3. The smallest absolute Gasteiger partial charge is 0.460 e. The molecule has 0 aliphatic heterocycles. The summed E-state index contributed by atoms with van der Waals surface area (Å²) in [5, 5.41) is -8.54. The van der Waals surface area contributed by atoms with Crippen LogP contribution >= 0.6 is 0 Å². The molecule has 37 heteroatoms. The molecule has 0 spiro atoms. The summed E-state index contributed by atoms with van der Waals surface area (Å²) in [4.78, 5) is 0. The molecule has 0 heterocycles. The standard InChI is InChI=1S/C16HF33O3S/c17-1(18,3(21,22)5(25,26)7(29,30)9(33,34)11(37,38)13(41,42)15(45,46)47)2(19,20)4(23,24)6(27,28)8(31,32)10(35,36)12(39,40)14(43,44)16(48,49)53(50,51)52/h(H,50,51,52)/p-1. The summed E-state index contributed by atoms with van der Waals surface area (Å²) in [7, 11) is -8.69. The molecule has 3 nitrogen and oxygen atoms in total. The zero-order valence-corrected chi connectivity index (χ0v) is 22.9. The highest BCUT2D eigenvalue weighted by molar-refractivity contribution is 7.86. The molecule has 0 bridgehead atoms. The Morgan fingerprint density at radius 2 is 0.340 bits per heavy atom. The highest BCUT2D eigenvalue weighted by Crippen LogP contribution is 2.70. The van der Waals surface area contributed by atoms with Crippen LogP contribution in [-0.4, -0.2) is 107 Å². The lowest BCUT2D eigenvalue weighted by atomic mass is 9.83. The van der Waals surface area contributed by atoms with Gasteiger partial charge in [0.05, 0.1) is 0 Å². The maximum atomic E-state index is 13.8. The molecule has 0 atom stereocenters. The Bertz CT molecular complexity index is 1480. The van der Waals surface area contributed by atoms with Crippen molar-refractivity contribution in [1.29, 1.82) is 0 Å². The summed E-state index contributed by atoms with van der Waals surface area (Å²) < 4.78 is 470. The van der Waals surface area contributed by atoms with E-state index in [0.29, 0.717) is 0 Å². The Morgan fingerprint density at radius 3 is 0.453 bits per heavy atom. The molecule has 0 fully saturated rings. The fourth-order valence-electron chi connectivity index (χ4n) is 2.88. The van der Waals surface area contributed by atoms with E-state index in [-0.39, 0.29) is 0 Å². The Kier molecular flexibility index (Phi) is 11.3. The SMILES string of the molecule is O=S(=O)([O-])C(F)(F)C(F)(F)C(F)(F)C(F)(F)C(F)(F)C(F)(F)C(F)(F)C(F)(F)C(F)(F)C(F)(F)C(F)(F)C(F)(F)C(F)(F)C(F)(F)C(F)(F)C(F)(F)F. The quantitative estimate of drug-likeness (QED) is 0.122. The zero-order valence-electron chi connectivity index (χ0n) is 22.1. The van der Waals surface area contributed by atoms with Crippen molar-refractivity contribution in [2.45, 2.75) is 94.3 Å². The van der Waals surface area contributed by atoms with Gasteiger partial charge in [-0.3, -0.25) is 0 Å². The van der Waals surface area contributed by atoms with E-state index in [9.17, 15) is 158 Å². The molecule has 0 radical (unpaired) electrons. The topological polar surface area (TPSA) is 57.2 Å². The summed E-state index contributed by atoms with van der Waals surface area (Å²) in [5.41, 5.74) is 0. The molecule has 0 amide bonds. The molecule has 0 aliphatic carbocycles. The Balaban J connectivity index is 7.81. The highest BCUT2D eigenvalue weighted by atomic mass is 32.2. The summed E-state index contributed by atoms with van der Waals surface area (Å²) in [6.07, 6.45) is -8.42. The third-order valence-corrected chi connectivity index (χ3v) is 7.05. The normalized spacial score (nSPS) is 17.4. The van der Waals surface area contributed by atoms with Crippen molar-refractivity contribution in [3.63, 3.8) is 0 Å². The fourth-order valence-corrected chi connectivity index (χ4v) is 3.33. The molecule has 0 aliphatic rings. The van der Waals surface area contributed by atoms with Crippen molar-refractivity contribution in [2.24, 2.45) is 0 Å². The minimum absolute atomic E-state index is 8.42. The zero-order chi connectivity index (χ0) is 44.5. The van der Waals surface area contributed by atoms with Crippen LogP contribution in [0, 0.1) is 0 Å². The van der Waals surface area contributed by atoms with E-state index in [1.54, 1.807) is 0 Å². The van der Waals surface area contributed by atoms with Gasteiger partial charge in [-0.2, -0.15) is 145 Å². The van der Waals surface area contributed by atoms with Gasteiger partial charge in [0.1, 0.15) is 0 Å². The molecule has 53 heavy (non-hydrogen) atoms. The van der Waals surface area contributed by atoms with Gasteiger partial charge in [0.25, 0.3) is 0 Å². The van der Waals surface area contributed by atoms with E-state index >= 15 is 0 Å². The molecule has 0 saturated heterocycles. The second kappa shape index (κ2) is 11.8. The van der Waals surface area contributed by atoms with Crippen molar-refractivity contribution in [3.8, 4) is 0 Å². The van der Waals surface area contributed by atoms with E-state index in [1.807, 2.05) is 0 Å². The van der Waals surface area contributed by atoms with Gasteiger partial charge in [-0.1, -0.05) is 0 Å². The van der Waals surface area contributed by atoms with Crippen molar-refractivity contribution in [3.05, 3.63) is 0 Å². The van der Waals surface area contributed by atoms with Crippen LogP contribution in [0.15, 0.2) is 0 Å². The van der Waals surface area contributed by atoms with Crippen molar-refractivity contribution < 1.29 is 158 Å². The molecule has 0 unspecified atom stereocenters. The molecule has 0 rings (SSSR count). The van der Waals surface area contributed by atoms with Gasteiger partial charge >= 0.3 is 94.3 Å². The first-order valence-corrected chi connectivity index (χ1v) is 12.1. The first-order chi connectivity index (χ1) is 22.0. The molecule has 0 aromatic heterocycles. The molecular weight excluding hydrogens is 899 g/mol. The summed E-state index contributed by atoms with van der Waals surface area (Å²) in [5.74, 6) is -138. The second-order valence-corrected chi connectivity index (χ2v) is 10.9. The fraction of sp³-hybridized carbons (Fsp3) is 1.00. The van der Waals surface area contributed by atoms with Crippen molar-refractivity contribution >= 4 is 10.1 Å². The van der Waals surface area contributed by atoms with E-state index in [4.69, 9.17) is 0 Å². The molecule has 0 saturated carbocycles. The minimum Gasteiger partial charge on any atom is -0.743 e. The average molecular weight is 899 g/mol. The summed E-state index contributed by atoms with van der Waals surface area (Å²) in [6.45, 7) is 0. The maximum Gasteiger partial charge on any atom is 0.460 e. The lowest BCUT2D eigenvalue weighted by Crippen LogP contribution is -2.80. The molecular formula is C16F33O3S-. The van der Waals surface area contributed by atoms with Crippen LogP contribution in [0.5, 0.6) is 0 Å². The molecule has 320 valence electrons. The van der Waals surface area contributed by atoms with Crippen LogP contribution in [0.3, 0.4) is 0 Å². The third-order valence-electron chi connectivity index (χ3n) is 6.16. The number of rotatable bonds is 15. The van der Waals surface area contributed by atoms with E-state index in [1.165, 1.54) is 0 Å². The monoisotopic (exact) mass is 899 g/mol. The van der Waals surface area contributed by atoms with Gasteiger partial charge in [-0.25, -0.2) is 8.42 Å². The van der Waals surface area contributed by atoms with Crippen LogP contribution in [0.25, 0.3) is 0 Å². The lowest BCUT2D eigenvalue weighted by Gasteiger charge is -2.46. The van der Waals surface area contributed by atoms with Gasteiger partial charge in [0.15, 0.2) is 10.1 Å². The number of alkyl halides is 33. The first kappa shape index (κ1) is 50.6. The highest BCUT2D eigenvalue weighted by Gasteiger charge is 3.02. The van der Waals surface area contributed by atoms with Gasteiger partial charge in [-0.05, 0) is 0 Å². The second-order valence-electron chi connectivity index (χ2n) is 9.51. The first-order valence-electron chi connectivity index (χ1n) is 10.7. The predicted molar refractivity (Wildman–Crippen MR) is 90.0 cm³/mol. The van der Waals surface area contributed by atoms with Crippen molar-refractivity contribution in [1.82, 2.24) is 0 Å². The van der Waals surface area contributed by atoms with Crippen LogP contribution in [0.4, 0.5) is 145 Å². The van der Waals surface area contributed by atoms with Crippen LogP contribution in [-0.2, 0) is 10.1 Å². The van der Waals surface area contributed by atoms with E-state index in [2.05, 4.69) is 0 Å². The van der Waals surface area contributed by atoms with Crippen molar-refractivity contribution in [2.75, 3.05) is 0 Å². The number of halogens is 33. The number of hydrogen-bond acceptors (Lipinski definition) is 3. The molecule has 0 N–H and O–H groups in total. The van der Waals surface area contributed by atoms with Gasteiger partial charge in [-0.15, -0.1) is 0 Å². The van der Waals surface area contributed by atoms with Crippen LogP contribution < -0.4 is 0 Å². The summed E-state index contributed by atoms with van der Waals surface area (Å²) in [6, 6.07) is 0. The van der Waals surface area contributed by atoms with E-state index < -0.39 is 104 Å². The molecule has 0 aromatic rings. The predicted octanol–water partition coefficient (Wildman–Crippen LogP) is 9.58. The van der Waals surface area contributed by atoms with Crippen LogP contribution in [0.1, 0.15) is 0 Å². The van der Waals surface area contributed by atoms with Gasteiger partial charge in [0, 0.05) is 0 Å². The Morgan fingerprint density at radius 1 is 0.226 bits per heavy atom. The van der Waals surface area contributed by atoms with Gasteiger partial charge < -0.3 is 4.55 Å². The number of hydrogen-bond donors (Lipinski definition) is 0. The lowest BCUT2D eigenvalue weighted by molar-refractivity contribution is -0.490. The molecule has 0 aromatic carbocycles. The van der Waals surface area contributed by atoms with E-state index in [0.717, 1.165) is 0 Å². The maximum absolute atomic E-state index is 13.8. The third kappa shape index (κ3) is 5.60. The van der Waals surface area contributed by atoms with Gasteiger partial charge in [0.2, 0.25) is 0 Å². The average Bonchev–Trinajstić information content (AvgIpc) is 2.89. The summed E-state index contributed by atoms with van der Waals surface area (Å²) >= 11 is 0. The Labute approximate surface area is 263 Å².